The summed E-state index contributed by atoms with van der Waals surface area (Å²) in [5, 5.41) is 7.14. The third-order valence-electron chi connectivity index (χ3n) is 4.19. The Morgan fingerprint density at radius 1 is 0.931 bits per heavy atom. The van der Waals surface area contributed by atoms with Crippen molar-refractivity contribution in [3.05, 3.63) is 107 Å². The van der Waals surface area contributed by atoms with E-state index >= 15 is 0 Å². The second kappa shape index (κ2) is 9.03. The summed E-state index contributed by atoms with van der Waals surface area (Å²) in [4.78, 5) is 21.1. The zero-order valence-corrected chi connectivity index (χ0v) is 16.3. The van der Waals surface area contributed by atoms with Crippen LogP contribution < -0.4 is 5.43 Å². The van der Waals surface area contributed by atoms with Gasteiger partial charge in [0.15, 0.2) is 0 Å². The first-order valence-corrected chi connectivity index (χ1v) is 10.00. The first kappa shape index (κ1) is 18.7. The molecule has 4 aromatic rings. The van der Waals surface area contributed by atoms with Crippen molar-refractivity contribution in [1.29, 1.82) is 0 Å². The lowest BCUT2D eigenvalue weighted by atomic mass is 10.0. The highest BCUT2D eigenvalue weighted by Crippen LogP contribution is 2.22. The van der Waals surface area contributed by atoms with Gasteiger partial charge in [-0.25, -0.2) is 10.4 Å². The number of carbonyl (C=O) groups is 1. The highest BCUT2D eigenvalue weighted by atomic mass is 32.1. The minimum atomic E-state index is -0.211. The summed E-state index contributed by atoms with van der Waals surface area (Å²) in [6.45, 7) is 0. The standard InChI is InChI=1S/C23H18N4OS/c28-21(14-20-16-29-23(25-20)19-12-7-13-24-15-19)26-27-22(17-8-3-1-4-9-17)18-10-5-2-6-11-18/h1-13,15-16H,14H2,(H,26,28). The van der Waals surface area contributed by atoms with Crippen LogP contribution in [0.4, 0.5) is 0 Å². The highest BCUT2D eigenvalue weighted by Gasteiger charge is 2.11. The van der Waals surface area contributed by atoms with Crippen LogP contribution in [0.15, 0.2) is 95.7 Å². The largest absolute Gasteiger partial charge is 0.273 e. The number of hydrogen-bond donors (Lipinski definition) is 1. The Balaban J connectivity index is 1.49. The Labute approximate surface area is 172 Å². The fourth-order valence-electron chi connectivity index (χ4n) is 2.82. The molecule has 6 heteroatoms. The van der Waals surface area contributed by atoms with Crippen molar-refractivity contribution in [3.8, 4) is 10.6 Å². The van der Waals surface area contributed by atoms with Gasteiger partial charge in [-0.3, -0.25) is 9.78 Å². The lowest BCUT2D eigenvalue weighted by Crippen LogP contribution is -2.22. The number of nitrogens with zero attached hydrogens (tertiary/aromatic N) is 3. The Bertz CT molecular complexity index is 1070. The molecule has 0 unspecified atom stereocenters. The Morgan fingerprint density at radius 3 is 2.24 bits per heavy atom. The molecule has 0 spiro atoms. The molecule has 4 rings (SSSR count). The van der Waals surface area contributed by atoms with Gasteiger partial charge in [0.1, 0.15) is 5.01 Å². The number of pyridine rings is 1. The van der Waals surface area contributed by atoms with Crippen molar-refractivity contribution in [2.24, 2.45) is 5.10 Å². The molecule has 0 aliphatic heterocycles. The van der Waals surface area contributed by atoms with E-state index in [1.807, 2.05) is 78.2 Å². The number of carbonyl (C=O) groups excluding carboxylic acids is 1. The molecular weight excluding hydrogens is 380 g/mol. The van der Waals surface area contributed by atoms with E-state index < -0.39 is 0 Å². The first-order valence-electron chi connectivity index (χ1n) is 9.12. The number of hydrogen-bond acceptors (Lipinski definition) is 5. The summed E-state index contributed by atoms with van der Waals surface area (Å²) in [5.74, 6) is -0.211. The zero-order valence-electron chi connectivity index (χ0n) is 15.5. The normalized spacial score (nSPS) is 10.3. The third-order valence-corrected chi connectivity index (χ3v) is 5.13. The molecule has 0 aliphatic carbocycles. The van der Waals surface area contributed by atoms with Gasteiger partial charge in [0, 0.05) is 34.5 Å². The molecule has 0 saturated heterocycles. The molecule has 2 aromatic carbocycles. The van der Waals surface area contributed by atoms with E-state index in [1.165, 1.54) is 11.3 Å². The van der Waals surface area contributed by atoms with Crippen LogP contribution in [0.1, 0.15) is 16.8 Å². The van der Waals surface area contributed by atoms with Gasteiger partial charge >= 0.3 is 0 Å². The highest BCUT2D eigenvalue weighted by molar-refractivity contribution is 7.13. The maximum atomic E-state index is 12.5. The number of amides is 1. The van der Waals surface area contributed by atoms with Crippen LogP contribution in [0, 0.1) is 0 Å². The van der Waals surface area contributed by atoms with E-state index in [9.17, 15) is 4.79 Å². The van der Waals surface area contributed by atoms with Gasteiger partial charge in [0.25, 0.3) is 0 Å². The molecule has 2 heterocycles. The van der Waals surface area contributed by atoms with Crippen molar-refractivity contribution < 1.29 is 4.79 Å². The van der Waals surface area contributed by atoms with Gasteiger partial charge in [0.05, 0.1) is 17.8 Å². The van der Waals surface area contributed by atoms with E-state index in [4.69, 9.17) is 0 Å². The quantitative estimate of drug-likeness (QED) is 0.389. The van der Waals surface area contributed by atoms with E-state index in [-0.39, 0.29) is 12.3 Å². The van der Waals surface area contributed by atoms with Crippen LogP contribution in [-0.2, 0) is 11.2 Å². The second-order valence-corrected chi connectivity index (χ2v) is 7.15. The molecule has 29 heavy (non-hydrogen) atoms. The van der Waals surface area contributed by atoms with Crippen LogP contribution in [0.25, 0.3) is 10.6 Å². The summed E-state index contributed by atoms with van der Waals surface area (Å²) in [5.41, 5.74) is 6.92. The smallest absolute Gasteiger partial charge is 0.246 e. The minimum absolute atomic E-state index is 0.164. The predicted octanol–water partition coefficient (Wildman–Crippen LogP) is 4.32. The zero-order chi connectivity index (χ0) is 19.9. The summed E-state index contributed by atoms with van der Waals surface area (Å²) in [6.07, 6.45) is 3.65. The van der Waals surface area contributed by atoms with Gasteiger partial charge in [0.2, 0.25) is 5.91 Å². The van der Waals surface area contributed by atoms with Crippen LogP contribution in [0.5, 0.6) is 0 Å². The lowest BCUT2D eigenvalue weighted by molar-refractivity contribution is -0.120. The fraction of sp³-hybridized carbons (Fsp3) is 0.0435. The van der Waals surface area contributed by atoms with E-state index in [0.29, 0.717) is 11.4 Å². The van der Waals surface area contributed by atoms with Gasteiger partial charge < -0.3 is 0 Å². The molecule has 0 aliphatic rings. The average Bonchev–Trinajstić information content (AvgIpc) is 3.24. The molecule has 0 bridgehead atoms. The molecule has 2 aromatic heterocycles. The summed E-state index contributed by atoms with van der Waals surface area (Å²) in [6, 6.07) is 23.4. The molecule has 0 atom stereocenters. The first-order chi connectivity index (χ1) is 14.3. The van der Waals surface area contributed by atoms with Crippen LogP contribution in [0.3, 0.4) is 0 Å². The van der Waals surface area contributed by atoms with Crippen molar-refractivity contribution in [2.45, 2.75) is 6.42 Å². The molecule has 1 amide bonds. The maximum Gasteiger partial charge on any atom is 0.246 e. The van der Waals surface area contributed by atoms with E-state index in [1.54, 1.807) is 12.4 Å². The van der Waals surface area contributed by atoms with Crippen LogP contribution in [-0.4, -0.2) is 21.6 Å². The number of benzene rings is 2. The number of rotatable bonds is 6. The van der Waals surface area contributed by atoms with Crippen molar-refractivity contribution in [1.82, 2.24) is 15.4 Å². The van der Waals surface area contributed by atoms with Crippen molar-refractivity contribution in [3.63, 3.8) is 0 Å². The topological polar surface area (TPSA) is 67.2 Å². The lowest BCUT2D eigenvalue weighted by Gasteiger charge is -2.07. The minimum Gasteiger partial charge on any atom is -0.273 e. The van der Waals surface area contributed by atoms with Crippen LogP contribution in [0.2, 0.25) is 0 Å². The van der Waals surface area contributed by atoms with Crippen molar-refractivity contribution >= 4 is 23.0 Å². The molecule has 0 fully saturated rings. The number of nitrogens with one attached hydrogen (secondary N) is 1. The fourth-order valence-corrected chi connectivity index (χ4v) is 3.63. The molecule has 142 valence electrons. The molecule has 1 N–H and O–H groups in total. The molecular formula is C23H18N4OS. The monoisotopic (exact) mass is 398 g/mol. The predicted molar refractivity (Wildman–Crippen MR) is 116 cm³/mol. The van der Waals surface area contributed by atoms with Gasteiger partial charge in [-0.1, -0.05) is 60.7 Å². The van der Waals surface area contributed by atoms with Gasteiger partial charge in [-0.15, -0.1) is 11.3 Å². The SMILES string of the molecule is O=C(Cc1csc(-c2cccnc2)n1)NN=C(c1ccccc1)c1ccccc1. The van der Waals surface area contributed by atoms with Crippen molar-refractivity contribution in [2.75, 3.05) is 0 Å². The van der Waals surface area contributed by atoms with Crippen LogP contribution >= 0.6 is 11.3 Å². The number of hydrazone groups is 1. The summed E-state index contributed by atoms with van der Waals surface area (Å²) < 4.78 is 0. The number of thiazole rings is 1. The second-order valence-electron chi connectivity index (χ2n) is 6.29. The maximum absolute atomic E-state index is 12.5. The summed E-state index contributed by atoms with van der Waals surface area (Å²) >= 11 is 1.50. The van der Waals surface area contributed by atoms with E-state index in [2.05, 4.69) is 20.5 Å². The van der Waals surface area contributed by atoms with Gasteiger partial charge in [-0.05, 0) is 12.1 Å². The summed E-state index contributed by atoms with van der Waals surface area (Å²) in [7, 11) is 0. The Kier molecular flexibility index (Phi) is 5.83. The molecule has 0 radical (unpaired) electrons. The molecule has 5 nitrogen and oxygen atoms in total. The number of aromatic nitrogens is 2. The molecule has 0 saturated carbocycles. The third kappa shape index (κ3) is 4.80. The van der Waals surface area contributed by atoms with E-state index in [0.717, 1.165) is 21.7 Å². The Hall–Kier alpha value is -3.64. The van der Waals surface area contributed by atoms with Gasteiger partial charge in [-0.2, -0.15) is 5.10 Å². The Morgan fingerprint density at radius 2 is 1.62 bits per heavy atom. The average molecular weight is 398 g/mol.